The van der Waals surface area contributed by atoms with E-state index < -0.39 is 5.91 Å². The van der Waals surface area contributed by atoms with E-state index in [0.29, 0.717) is 27.0 Å². The van der Waals surface area contributed by atoms with E-state index in [1.807, 2.05) is 0 Å². The average Bonchev–Trinajstić information content (AvgIpc) is 3.18. The van der Waals surface area contributed by atoms with Gasteiger partial charge in [0.05, 0.1) is 11.3 Å². The number of rotatable bonds is 6. The molecule has 0 aliphatic carbocycles. The molecule has 0 atom stereocenters. The highest BCUT2D eigenvalue weighted by Gasteiger charge is 2.18. The predicted molar refractivity (Wildman–Crippen MR) is 110 cm³/mol. The quantitative estimate of drug-likeness (QED) is 0.602. The molecule has 0 aliphatic heterocycles. The second kappa shape index (κ2) is 9.02. The summed E-state index contributed by atoms with van der Waals surface area (Å²) in [5.74, 6) is -0.666. The number of thiazole rings is 1. The van der Waals surface area contributed by atoms with Gasteiger partial charge in [-0.2, -0.15) is 0 Å². The lowest BCUT2D eigenvalue weighted by Crippen LogP contribution is -2.22. The van der Waals surface area contributed by atoms with Gasteiger partial charge in [0.25, 0.3) is 11.8 Å². The third kappa shape index (κ3) is 5.10. The van der Waals surface area contributed by atoms with Gasteiger partial charge < -0.3 is 15.4 Å². The van der Waals surface area contributed by atoms with Crippen molar-refractivity contribution in [2.45, 2.75) is 13.5 Å². The van der Waals surface area contributed by atoms with Gasteiger partial charge in [-0.25, -0.2) is 9.37 Å². The Morgan fingerprint density at radius 1 is 1.21 bits per heavy atom. The van der Waals surface area contributed by atoms with Crippen LogP contribution in [0.2, 0.25) is 5.02 Å². The van der Waals surface area contributed by atoms with Crippen LogP contribution in [0.3, 0.4) is 0 Å². The molecule has 0 radical (unpaired) electrons. The molecule has 2 N–H and O–H groups in total. The first-order chi connectivity index (χ1) is 13.9. The van der Waals surface area contributed by atoms with Crippen LogP contribution in [0.1, 0.15) is 31.4 Å². The molecular weight excluding hydrogens is 417 g/mol. The number of hydrogen-bond acceptors (Lipinski definition) is 5. The van der Waals surface area contributed by atoms with Crippen LogP contribution < -0.4 is 15.4 Å². The summed E-state index contributed by atoms with van der Waals surface area (Å²) in [5, 5.41) is 7.84. The number of ether oxygens (including phenoxy) is 1. The Hall–Kier alpha value is -2.97. The zero-order valence-corrected chi connectivity index (χ0v) is 17.2. The molecule has 29 heavy (non-hydrogen) atoms. The summed E-state index contributed by atoms with van der Waals surface area (Å²) < 4.78 is 18.5. The summed E-state index contributed by atoms with van der Waals surface area (Å²) in [6.45, 7) is 1.89. The lowest BCUT2D eigenvalue weighted by molar-refractivity contribution is 0.0964. The summed E-state index contributed by atoms with van der Waals surface area (Å²) in [4.78, 5) is 29.0. The van der Waals surface area contributed by atoms with Crippen molar-refractivity contribution < 1.29 is 18.7 Å². The Balaban J connectivity index is 1.72. The van der Waals surface area contributed by atoms with E-state index in [2.05, 4.69) is 15.6 Å². The fraction of sp³-hybridized carbons (Fsp3) is 0.150. The number of nitrogens with zero attached hydrogens (tertiary/aromatic N) is 1. The number of aromatic nitrogens is 1. The Morgan fingerprint density at radius 2 is 1.93 bits per heavy atom. The third-order valence-corrected chi connectivity index (χ3v) is 5.01. The highest BCUT2D eigenvalue weighted by atomic mass is 35.5. The molecule has 6 nitrogen and oxygen atoms in total. The first-order valence-corrected chi connectivity index (χ1v) is 9.79. The van der Waals surface area contributed by atoms with Gasteiger partial charge in [-0.1, -0.05) is 11.6 Å². The lowest BCUT2D eigenvalue weighted by Gasteiger charge is -2.13. The Kier molecular flexibility index (Phi) is 6.46. The van der Waals surface area contributed by atoms with Crippen molar-refractivity contribution >= 4 is 40.4 Å². The maximum atomic E-state index is 12.9. The maximum Gasteiger partial charge on any atom is 0.275 e. The van der Waals surface area contributed by atoms with Crippen molar-refractivity contribution in [3.63, 3.8) is 0 Å². The minimum Gasteiger partial charge on any atom is -0.486 e. The van der Waals surface area contributed by atoms with E-state index in [9.17, 15) is 14.0 Å². The molecule has 3 rings (SSSR count). The van der Waals surface area contributed by atoms with Crippen molar-refractivity contribution in [2.75, 3.05) is 12.4 Å². The first-order valence-electron chi connectivity index (χ1n) is 8.53. The van der Waals surface area contributed by atoms with E-state index in [-0.39, 0.29) is 29.6 Å². The van der Waals surface area contributed by atoms with Crippen molar-refractivity contribution in [3.8, 4) is 5.75 Å². The van der Waals surface area contributed by atoms with E-state index in [1.54, 1.807) is 18.4 Å². The standard InChI is InChI=1S/C20H17ClFN3O3S/c1-11-7-12(21)8-15(19(26)23-2)18(11)25-20(27)16-10-29-17(24-16)9-28-14-5-3-13(22)4-6-14/h3-8,10H,9H2,1-2H3,(H,23,26)(H,25,27). The second-order valence-corrected chi connectivity index (χ2v) is 7.43. The van der Waals surface area contributed by atoms with Crippen LogP contribution in [0.4, 0.5) is 10.1 Å². The van der Waals surface area contributed by atoms with E-state index in [4.69, 9.17) is 16.3 Å². The van der Waals surface area contributed by atoms with Crippen LogP contribution in [0.15, 0.2) is 41.8 Å². The number of hydrogen-bond donors (Lipinski definition) is 2. The molecule has 9 heteroatoms. The molecule has 0 saturated heterocycles. The summed E-state index contributed by atoms with van der Waals surface area (Å²) in [6.07, 6.45) is 0. The van der Waals surface area contributed by atoms with Crippen molar-refractivity contribution in [3.05, 3.63) is 74.4 Å². The molecule has 150 valence electrons. The Morgan fingerprint density at radius 3 is 2.62 bits per heavy atom. The van der Waals surface area contributed by atoms with Gasteiger partial charge in [-0.05, 0) is 48.9 Å². The maximum absolute atomic E-state index is 12.9. The van der Waals surface area contributed by atoms with Crippen LogP contribution >= 0.6 is 22.9 Å². The smallest absolute Gasteiger partial charge is 0.275 e. The van der Waals surface area contributed by atoms with Crippen LogP contribution in [0, 0.1) is 12.7 Å². The van der Waals surface area contributed by atoms with Crippen LogP contribution in [0.25, 0.3) is 0 Å². The molecule has 0 unspecified atom stereocenters. The zero-order chi connectivity index (χ0) is 21.0. The van der Waals surface area contributed by atoms with Gasteiger partial charge in [0.2, 0.25) is 0 Å². The Bertz CT molecular complexity index is 1050. The molecular formula is C20H17ClFN3O3S. The normalized spacial score (nSPS) is 10.5. The van der Waals surface area contributed by atoms with E-state index in [1.165, 1.54) is 48.7 Å². The SMILES string of the molecule is CNC(=O)c1cc(Cl)cc(C)c1NC(=O)c1csc(COc2ccc(F)cc2)n1. The predicted octanol–water partition coefficient (Wildman–Crippen LogP) is 4.43. The number of anilines is 1. The molecule has 1 heterocycles. The lowest BCUT2D eigenvalue weighted by atomic mass is 10.1. The molecule has 0 aliphatic rings. The first kappa shape index (κ1) is 20.8. The largest absolute Gasteiger partial charge is 0.486 e. The molecule has 0 spiro atoms. The van der Waals surface area contributed by atoms with E-state index in [0.717, 1.165) is 0 Å². The average molecular weight is 434 g/mol. The second-order valence-electron chi connectivity index (χ2n) is 6.05. The molecule has 2 amide bonds. The molecule has 3 aromatic rings. The number of carbonyl (C=O) groups excluding carboxylic acids is 2. The number of carbonyl (C=O) groups is 2. The number of aryl methyl sites for hydroxylation is 1. The van der Waals surface area contributed by atoms with Crippen LogP contribution in [-0.2, 0) is 6.61 Å². The molecule has 1 aromatic heterocycles. The number of benzene rings is 2. The van der Waals surface area contributed by atoms with Gasteiger partial charge in [0, 0.05) is 17.5 Å². The topological polar surface area (TPSA) is 80.3 Å². The van der Waals surface area contributed by atoms with Crippen molar-refractivity contribution in [2.24, 2.45) is 0 Å². The summed E-state index contributed by atoms with van der Waals surface area (Å²) in [6, 6.07) is 8.78. The fourth-order valence-corrected chi connectivity index (χ4v) is 3.52. The monoisotopic (exact) mass is 433 g/mol. The third-order valence-electron chi connectivity index (χ3n) is 3.97. The number of amides is 2. The summed E-state index contributed by atoms with van der Waals surface area (Å²) in [7, 11) is 1.50. The minimum absolute atomic E-state index is 0.146. The number of halogens is 2. The van der Waals surface area contributed by atoms with Crippen molar-refractivity contribution in [1.82, 2.24) is 10.3 Å². The Labute approximate surface area is 175 Å². The summed E-state index contributed by atoms with van der Waals surface area (Å²) >= 11 is 7.30. The minimum atomic E-state index is -0.454. The highest BCUT2D eigenvalue weighted by Crippen LogP contribution is 2.26. The molecule has 2 aromatic carbocycles. The van der Waals surface area contributed by atoms with Gasteiger partial charge in [0.15, 0.2) is 0 Å². The zero-order valence-electron chi connectivity index (χ0n) is 15.6. The van der Waals surface area contributed by atoms with Gasteiger partial charge in [-0.15, -0.1) is 11.3 Å². The van der Waals surface area contributed by atoms with Gasteiger partial charge in [-0.3, -0.25) is 9.59 Å². The van der Waals surface area contributed by atoms with E-state index >= 15 is 0 Å². The summed E-state index contributed by atoms with van der Waals surface area (Å²) in [5.41, 5.74) is 1.49. The van der Waals surface area contributed by atoms with Crippen LogP contribution in [0.5, 0.6) is 5.75 Å². The van der Waals surface area contributed by atoms with Gasteiger partial charge in [0.1, 0.15) is 28.9 Å². The molecule has 0 saturated carbocycles. The van der Waals surface area contributed by atoms with Gasteiger partial charge >= 0.3 is 0 Å². The fourth-order valence-electron chi connectivity index (χ4n) is 2.56. The number of nitrogens with one attached hydrogen (secondary N) is 2. The van der Waals surface area contributed by atoms with Crippen molar-refractivity contribution in [1.29, 1.82) is 0 Å². The highest BCUT2D eigenvalue weighted by molar-refractivity contribution is 7.09. The molecule has 0 fully saturated rings. The molecule has 0 bridgehead atoms. The van der Waals surface area contributed by atoms with Crippen LogP contribution in [-0.4, -0.2) is 23.8 Å².